The predicted molar refractivity (Wildman–Crippen MR) is 84.6 cm³/mol. The van der Waals surface area contributed by atoms with Gasteiger partial charge in [0, 0.05) is 4.88 Å². The van der Waals surface area contributed by atoms with Crippen molar-refractivity contribution in [3.8, 4) is 0 Å². The third-order valence-corrected chi connectivity index (χ3v) is 5.63. The normalized spacial score (nSPS) is 13.5. The van der Waals surface area contributed by atoms with Gasteiger partial charge < -0.3 is 5.11 Å². The summed E-state index contributed by atoms with van der Waals surface area (Å²) in [6.45, 7) is 3.88. The molecule has 0 aliphatic heterocycles. The molecule has 0 aliphatic rings. The van der Waals surface area contributed by atoms with Gasteiger partial charge in [-0.25, -0.2) is 13.1 Å². The van der Waals surface area contributed by atoms with Crippen molar-refractivity contribution in [1.82, 2.24) is 4.72 Å². The van der Waals surface area contributed by atoms with Gasteiger partial charge in [-0.2, -0.15) is 0 Å². The van der Waals surface area contributed by atoms with E-state index < -0.39 is 10.0 Å². The molecule has 0 saturated heterocycles. The highest BCUT2D eigenvalue weighted by molar-refractivity contribution is 7.89. The van der Waals surface area contributed by atoms with Gasteiger partial charge >= 0.3 is 0 Å². The van der Waals surface area contributed by atoms with Crippen molar-refractivity contribution < 1.29 is 13.5 Å². The van der Waals surface area contributed by atoms with E-state index in [-0.39, 0.29) is 23.5 Å². The number of rotatable bonds is 6. The van der Waals surface area contributed by atoms with E-state index in [4.69, 9.17) is 5.11 Å². The molecule has 4 nitrogen and oxygen atoms in total. The fraction of sp³-hybridized carbons (Fsp3) is 0.333. The van der Waals surface area contributed by atoms with Gasteiger partial charge in [-0.1, -0.05) is 32.0 Å². The predicted octanol–water partition coefficient (Wildman–Crippen LogP) is 2.92. The molecule has 2 rings (SSSR count). The number of hydrogen-bond donors (Lipinski definition) is 2. The third kappa shape index (κ3) is 3.91. The summed E-state index contributed by atoms with van der Waals surface area (Å²) in [6.07, 6.45) is 0. The Morgan fingerprint density at radius 1 is 1.19 bits per heavy atom. The zero-order valence-electron chi connectivity index (χ0n) is 12.0. The summed E-state index contributed by atoms with van der Waals surface area (Å²) in [6, 6.07) is 9.87. The highest BCUT2D eigenvalue weighted by Crippen LogP contribution is 2.27. The van der Waals surface area contributed by atoms with Gasteiger partial charge in [0.1, 0.15) is 0 Å². The van der Waals surface area contributed by atoms with Crippen LogP contribution in [0.15, 0.2) is 46.7 Å². The van der Waals surface area contributed by atoms with Crippen LogP contribution in [0, 0.1) is 5.92 Å². The molecule has 1 aromatic heterocycles. The van der Waals surface area contributed by atoms with Gasteiger partial charge in [0.25, 0.3) is 0 Å². The lowest BCUT2D eigenvalue weighted by molar-refractivity contribution is 0.282. The molecule has 1 unspecified atom stereocenters. The van der Waals surface area contributed by atoms with Crippen LogP contribution in [-0.4, -0.2) is 13.5 Å². The second-order valence-electron chi connectivity index (χ2n) is 5.16. The van der Waals surface area contributed by atoms with Crippen molar-refractivity contribution in [1.29, 1.82) is 0 Å². The molecule has 0 fully saturated rings. The monoisotopic (exact) mass is 325 g/mol. The Hall–Kier alpha value is -1.21. The molecule has 2 aromatic rings. The summed E-state index contributed by atoms with van der Waals surface area (Å²) in [5, 5.41) is 11.0. The summed E-state index contributed by atoms with van der Waals surface area (Å²) >= 11 is 1.54. The van der Waals surface area contributed by atoms with E-state index >= 15 is 0 Å². The largest absolute Gasteiger partial charge is 0.392 e. The fourth-order valence-electron chi connectivity index (χ4n) is 2.00. The molecule has 1 aromatic carbocycles. The quantitative estimate of drug-likeness (QED) is 0.858. The fourth-order valence-corrected chi connectivity index (χ4v) is 4.39. The molecule has 0 saturated carbocycles. The summed E-state index contributed by atoms with van der Waals surface area (Å²) in [7, 11) is -3.58. The van der Waals surface area contributed by atoms with Gasteiger partial charge in [-0.3, -0.25) is 0 Å². The van der Waals surface area contributed by atoms with E-state index in [1.54, 1.807) is 23.5 Å². The first-order valence-electron chi connectivity index (χ1n) is 6.69. The molecule has 1 heterocycles. The molecule has 6 heteroatoms. The van der Waals surface area contributed by atoms with Crippen LogP contribution in [0.2, 0.25) is 0 Å². The summed E-state index contributed by atoms with van der Waals surface area (Å²) in [5.41, 5.74) is 0.688. The standard InChI is InChI=1S/C15H19NO3S2/c1-11(2)15(14-4-3-9-20-14)16-21(18,19)13-7-5-12(10-17)6-8-13/h3-9,11,15-17H,10H2,1-2H3. The lowest BCUT2D eigenvalue weighted by Gasteiger charge is -2.21. The van der Waals surface area contributed by atoms with Gasteiger partial charge in [0.05, 0.1) is 17.5 Å². The van der Waals surface area contributed by atoms with Crippen LogP contribution >= 0.6 is 11.3 Å². The molecule has 0 amide bonds. The van der Waals surface area contributed by atoms with E-state index in [1.807, 2.05) is 31.4 Å². The molecular weight excluding hydrogens is 306 g/mol. The lowest BCUT2D eigenvalue weighted by atomic mass is 10.0. The van der Waals surface area contributed by atoms with Gasteiger partial charge in [0.15, 0.2) is 0 Å². The Balaban J connectivity index is 2.26. The minimum atomic E-state index is -3.58. The Kier molecular flexibility index (Phi) is 5.16. The van der Waals surface area contributed by atoms with Crippen LogP contribution in [0.25, 0.3) is 0 Å². The SMILES string of the molecule is CC(C)C(NS(=O)(=O)c1ccc(CO)cc1)c1cccs1. The van der Waals surface area contributed by atoms with Crippen LogP contribution in [0.5, 0.6) is 0 Å². The minimum absolute atomic E-state index is 0.0996. The molecule has 0 bridgehead atoms. The second kappa shape index (κ2) is 6.70. The average molecular weight is 325 g/mol. The van der Waals surface area contributed by atoms with E-state index in [2.05, 4.69) is 4.72 Å². The third-order valence-electron chi connectivity index (χ3n) is 3.21. The average Bonchev–Trinajstić information content (AvgIpc) is 2.98. The van der Waals surface area contributed by atoms with Crippen LogP contribution in [0.1, 0.15) is 30.3 Å². The van der Waals surface area contributed by atoms with E-state index in [1.165, 1.54) is 12.1 Å². The summed E-state index contributed by atoms with van der Waals surface area (Å²) in [4.78, 5) is 1.21. The van der Waals surface area contributed by atoms with Crippen molar-refractivity contribution in [3.63, 3.8) is 0 Å². The number of aliphatic hydroxyl groups excluding tert-OH is 1. The summed E-state index contributed by atoms with van der Waals surface area (Å²) < 4.78 is 27.7. The van der Waals surface area contributed by atoms with Gasteiger partial charge in [-0.15, -0.1) is 11.3 Å². The molecule has 21 heavy (non-hydrogen) atoms. The van der Waals surface area contributed by atoms with Crippen LogP contribution in [-0.2, 0) is 16.6 Å². The molecule has 114 valence electrons. The van der Waals surface area contributed by atoms with Crippen LogP contribution in [0.3, 0.4) is 0 Å². The maximum absolute atomic E-state index is 12.5. The highest BCUT2D eigenvalue weighted by atomic mass is 32.2. The smallest absolute Gasteiger partial charge is 0.241 e. The minimum Gasteiger partial charge on any atom is -0.392 e. The van der Waals surface area contributed by atoms with Crippen molar-refractivity contribution in [2.75, 3.05) is 0 Å². The second-order valence-corrected chi connectivity index (χ2v) is 7.85. The molecule has 0 radical (unpaired) electrons. The Morgan fingerprint density at radius 2 is 1.86 bits per heavy atom. The maximum Gasteiger partial charge on any atom is 0.241 e. The number of benzene rings is 1. The lowest BCUT2D eigenvalue weighted by Crippen LogP contribution is -2.31. The topological polar surface area (TPSA) is 66.4 Å². The molecular formula is C15H19NO3S2. The number of thiophene rings is 1. The maximum atomic E-state index is 12.5. The molecule has 2 N–H and O–H groups in total. The Labute approximate surface area is 129 Å². The van der Waals surface area contributed by atoms with Crippen molar-refractivity contribution in [2.45, 2.75) is 31.4 Å². The number of sulfonamides is 1. The first-order valence-corrected chi connectivity index (χ1v) is 9.06. The highest BCUT2D eigenvalue weighted by Gasteiger charge is 2.24. The molecule has 0 spiro atoms. The first-order chi connectivity index (χ1) is 9.94. The Morgan fingerprint density at radius 3 is 2.33 bits per heavy atom. The van der Waals surface area contributed by atoms with Gasteiger partial charge in [0.2, 0.25) is 10.0 Å². The van der Waals surface area contributed by atoms with Crippen molar-refractivity contribution in [3.05, 3.63) is 52.2 Å². The van der Waals surface area contributed by atoms with E-state index in [9.17, 15) is 8.42 Å². The zero-order chi connectivity index (χ0) is 15.5. The number of nitrogens with one attached hydrogen (secondary N) is 1. The molecule has 0 aliphatic carbocycles. The number of hydrogen-bond acceptors (Lipinski definition) is 4. The zero-order valence-corrected chi connectivity index (χ0v) is 13.6. The van der Waals surface area contributed by atoms with Crippen molar-refractivity contribution in [2.24, 2.45) is 5.92 Å². The summed E-state index contributed by atoms with van der Waals surface area (Å²) in [5.74, 6) is 0.148. The first kappa shape index (κ1) is 16.2. The van der Waals surface area contributed by atoms with E-state index in [0.717, 1.165) is 4.88 Å². The molecule has 1 atom stereocenters. The van der Waals surface area contributed by atoms with E-state index in [0.29, 0.717) is 5.56 Å². The Bertz CT molecular complexity index is 661. The van der Waals surface area contributed by atoms with Crippen LogP contribution in [0.4, 0.5) is 0 Å². The van der Waals surface area contributed by atoms with Gasteiger partial charge in [-0.05, 0) is 35.1 Å². The van der Waals surface area contributed by atoms with Crippen molar-refractivity contribution >= 4 is 21.4 Å². The number of aliphatic hydroxyl groups is 1. The van der Waals surface area contributed by atoms with Crippen LogP contribution < -0.4 is 4.72 Å².